The summed E-state index contributed by atoms with van der Waals surface area (Å²) in [6.07, 6.45) is -0.369. The van der Waals surface area contributed by atoms with Crippen molar-refractivity contribution in [2.75, 3.05) is 159 Å². The summed E-state index contributed by atoms with van der Waals surface area (Å²) in [6, 6.07) is 16.6. The molecule has 3 rings (SSSR count). The zero-order chi connectivity index (χ0) is 40.6. The number of amides is 1. The van der Waals surface area contributed by atoms with Crippen LogP contribution in [0.25, 0.3) is 11.1 Å². The fourth-order valence-electron chi connectivity index (χ4n) is 5.39. The number of fused-ring (bicyclic) bond motifs is 3. The first kappa shape index (κ1) is 47.9. The molecule has 0 unspecified atom stereocenters. The first-order valence-electron chi connectivity index (χ1n) is 19.6. The largest absolute Gasteiger partial charge is 0.460 e. The van der Waals surface area contributed by atoms with Crippen molar-refractivity contribution in [1.29, 1.82) is 0 Å². The van der Waals surface area contributed by atoms with Crippen molar-refractivity contribution in [2.45, 2.75) is 12.8 Å². The van der Waals surface area contributed by atoms with Crippen molar-refractivity contribution < 1.29 is 66.4 Å². The maximum absolute atomic E-state index is 12.6. The minimum Gasteiger partial charge on any atom is -0.460 e. The topological polar surface area (TPSA) is 148 Å². The molecular weight excluding hydrogens is 742 g/mol. The molecule has 0 N–H and O–H groups in total. The molecule has 0 heterocycles. The SMILES string of the molecule is C=C(C)C(=O)OCCOCCOCCOCCOCCOCCOCCOCCOCCOCCOCCN(C)C(=O)OCC1c2ccccc2-c2ccccc21. The van der Waals surface area contributed by atoms with Crippen LogP contribution >= 0.6 is 0 Å². The summed E-state index contributed by atoms with van der Waals surface area (Å²) >= 11 is 0. The Kier molecular flexibility index (Phi) is 26.5. The molecule has 15 nitrogen and oxygen atoms in total. The van der Waals surface area contributed by atoms with Crippen LogP contribution < -0.4 is 0 Å². The number of nitrogens with zero attached hydrogens (tertiary/aromatic N) is 1. The lowest BCUT2D eigenvalue weighted by Gasteiger charge is -2.19. The van der Waals surface area contributed by atoms with Crippen LogP contribution in [0, 0.1) is 0 Å². The minimum atomic E-state index is -0.417. The number of hydrogen-bond donors (Lipinski definition) is 0. The van der Waals surface area contributed by atoms with E-state index >= 15 is 0 Å². The van der Waals surface area contributed by atoms with Crippen LogP contribution in [0.2, 0.25) is 0 Å². The van der Waals surface area contributed by atoms with Gasteiger partial charge in [-0.15, -0.1) is 0 Å². The number of esters is 1. The Bertz CT molecular complexity index is 1330. The van der Waals surface area contributed by atoms with E-state index in [0.717, 1.165) is 0 Å². The number of likely N-dealkylation sites (N-methyl/N-ethyl adjacent to an activating group) is 1. The molecule has 0 spiro atoms. The lowest BCUT2D eigenvalue weighted by Crippen LogP contribution is -2.32. The molecule has 0 saturated heterocycles. The summed E-state index contributed by atoms with van der Waals surface area (Å²) in [7, 11) is 1.71. The summed E-state index contributed by atoms with van der Waals surface area (Å²) in [5, 5.41) is 0. The van der Waals surface area contributed by atoms with Gasteiger partial charge >= 0.3 is 12.1 Å². The Morgan fingerprint density at radius 3 is 1.16 bits per heavy atom. The maximum atomic E-state index is 12.6. The fraction of sp³-hybridized carbons (Fsp3) is 0.619. The summed E-state index contributed by atoms with van der Waals surface area (Å²) in [5.74, 6) is -0.383. The molecule has 0 fully saturated rings. The smallest absolute Gasteiger partial charge is 0.409 e. The van der Waals surface area contributed by atoms with E-state index in [1.807, 2.05) is 24.3 Å². The molecule has 2 aromatic carbocycles. The van der Waals surface area contributed by atoms with Crippen LogP contribution in [0.4, 0.5) is 4.79 Å². The van der Waals surface area contributed by atoms with Crippen LogP contribution in [-0.2, 0) is 61.6 Å². The number of ether oxygens (including phenoxy) is 12. The molecule has 15 heteroatoms. The normalized spacial score (nSPS) is 12.0. The van der Waals surface area contributed by atoms with Crippen molar-refractivity contribution in [3.8, 4) is 11.1 Å². The van der Waals surface area contributed by atoms with Gasteiger partial charge < -0.3 is 61.7 Å². The number of rotatable bonds is 36. The third-order valence-electron chi connectivity index (χ3n) is 8.38. The first-order chi connectivity index (χ1) is 28.0. The lowest BCUT2D eigenvalue weighted by atomic mass is 9.98. The molecule has 0 aromatic heterocycles. The van der Waals surface area contributed by atoms with E-state index in [1.165, 1.54) is 27.2 Å². The molecule has 57 heavy (non-hydrogen) atoms. The van der Waals surface area contributed by atoms with Crippen molar-refractivity contribution in [3.05, 3.63) is 71.8 Å². The average Bonchev–Trinajstić information content (AvgIpc) is 3.54. The van der Waals surface area contributed by atoms with E-state index in [2.05, 4.69) is 30.8 Å². The third-order valence-corrected chi connectivity index (χ3v) is 8.38. The lowest BCUT2D eigenvalue weighted by molar-refractivity contribution is -0.140. The molecule has 1 aliphatic carbocycles. The van der Waals surface area contributed by atoms with Gasteiger partial charge in [0.15, 0.2) is 0 Å². The summed E-state index contributed by atoms with van der Waals surface area (Å²) in [4.78, 5) is 25.4. The Morgan fingerprint density at radius 1 is 0.491 bits per heavy atom. The second-order valence-corrected chi connectivity index (χ2v) is 12.8. The molecule has 320 valence electrons. The summed E-state index contributed by atoms with van der Waals surface area (Å²) in [5.41, 5.74) is 5.15. The number of hydrogen-bond acceptors (Lipinski definition) is 14. The first-order valence-corrected chi connectivity index (χ1v) is 19.6. The predicted octanol–water partition coefficient (Wildman–Crippen LogP) is 4.15. The van der Waals surface area contributed by atoms with Crippen LogP contribution in [0.5, 0.6) is 0 Å². The van der Waals surface area contributed by atoms with Crippen molar-refractivity contribution >= 4 is 12.1 Å². The van der Waals surface area contributed by atoms with Crippen molar-refractivity contribution in [1.82, 2.24) is 4.90 Å². The Morgan fingerprint density at radius 2 is 0.807 bits per heavy atom. The van der Waals surface area contributed by atoms with Gasteiger partial charge in [-0.2, -0.15) is 0 Å². The quantitative estimate of drug-likeness (QED) is 0.0552. The molecule has 0 atom stereocenters. The molecule has 0 radical (unpaired) electrons. The van der Waals surface area contributed by atoms with Crippen molar-refractivity contribution in [2.24, 2.45) is 0 Å². The van der Waals surface area contributed by atoms with Crippen LogP contribution in [0.3, 0.4) is 0 Å². The van der Waals surface area contributed by atoms with Gasteiger partial charge in [-0.3, -0.25) is 0 Å². The van der Waals surface area contributed by atoms with E-state index in [-0.39, 0.29) is 18.6 Å². The molecule has 0 saturated carbocycles. The fourth-order valence-corrected chi connectivity index (χ4v) is 5.39. The number of benzene rings is 2. The monoisotopic (exact) mass is 805 g/mol. The van der Waals surface area contributed by atoms with Crippen LogP contribution in [-0.4, -0.2) is 176 Å². The minimum absolute atomic E-state index is 0.0341. The van der Waals surface area contributed by atoms with E-state index in [4.69, 9.17) is 56.8 Å². The number of carbonyl (C=O) groups is 2. The second kappa shape index (κ2) is 31.5. The van der Waals surface area contributed by atoms with E-state index in [1.54, 1.807) is 14.0 Å². The molecular formula is C42H63NO14. The van der Waals surface area contributed by atoms with Gasteiger partial charge in [0.2, 0.25) is 0 Å². The maximum Gasteiger partial charge on any atom is 0.409 e. The van der Waals surface area contributed by atoms with Gasteiger partial charge in [-0.25, -0.2) is 9.59 Å². The Labute approximate surface area is 337 Å². The predicted molar refractivity (Wildman–Crippen MR) is 212 cm³/mol. The van der Waals surface area contributed by atoms with Crippen LogP contribution in [0.1, 0.15) is 24.0 Å². The van der Waals surface area contributed by atoms with Gasteiger partial charge in [0.25, 0.3) is 0 Å². The van der Waals surface area contributed by atoms with Gasteiger partial charge in [0.05, 0.1) is 132 Å². The van der Waals surface area contributed by atoms with E-state index < -0.39 is 5.97 Å². The molecule has 1 aliphatic rings. The van der Waals surface area contributed by atoms with Gasteiger partial charge in [-0.1, -0.05) is 55.1 Å². The Hall–Kier alpha value is -3.48. The Balaban J connectivity index is 0.963. The van der Waals surface area contributed by atoms with Gasteiger partial charge in [-0.05, 0) is 29.2 Å². The van der Waals surface area contributed by atoms with E-state index in [0.29, 0.717) is 151 Å². The molecule has 2 aromatic rings. The van der Waals surface area contributed by atoms with Crippen molar-refractivity contribution in [3.63, 3.8) is 0 Å². The molecule has 0 aliphatic heterocycles. The zero-order valence-corrected chi connectivity index (χ0v) is 33.8. The van der Waals surface area contributed by atoms with Gasteiger partial charge in [0.1, 0.15) is 13.2 Å². The highest BCUT2D eigenvalue weighted by Crippen LogP contribution is 2.44. The summed E-state index contributed by atoms with van der Waals surface area (Å²) in [6.45, 7) is 15.0. The second-order valence-electron chi connectivity index (χ2n) is 12.8. The van der Waals surface area contributed by atoms with E-state index in [9.17, 15) is 9.59 Å². The number of carbonyl (C=O) groups excluding carboxylic acids is 2. The highest BCUT2D eigenvalue weighted by atomic mass is 16.6. The highest BCUT2D eigenvalue weighted by Gasteiger charge is 2.29. The summed E-state index contributed by atoms with van der Waals surface area (Å²) < 4.78 is 65.4. The van der Waals surface area contributed by atoms with Gasteiger partial charge in [0, 0.05) is 25.1 Å². The van der Waals surface area contributed by atoms with Crippen LogP contribution in [0.15, 0.2) is 60.7 Å². The zero-order valence-electron chi connectivity index (χ0n) is 33.8. The standard InChI is InChI=1S/C42H63NO14/c1-35(2)41(44)56-33-32-55-31-30-54-29-28-53-27-26-52-25-24-51-23-22-50-21-20-49-19-18-48-17-16-47-15-14-46-13-12-43(3)42(45)57-34-40-38-10-6-4-8-36(38)37-9-5-7-11-39(37)40/h4-11,40H,1,12-34H2,2-3H3. The molecule has 1 amide bonds. The highest BCUT2D eigenvalue weighted by molar-refractivity contribution is 5.86. The average molecular weight is 806 g/mol. The third kappa shape index (κ3) is 21.2. The molecule has 0 bridgehead atoms.